The van der Waals surface area contributed by atoms with Crippen LogP contribution in [0.2, 0.25) is 0 Å². The highest BCUT2D eigenvalue weighted by atomic mass is 16.5. The Morgan fingerprint density at radius 1 is 1.50 bits per heavy atom. The van der Waals surface area contributed by atoms with Crippen LogP contribution in [0.25, 0.3) is 0 Å². The molecule has 0 saturated heterocycles. The van der Waals surface area contributed by atoms with Crippen LogP contribution >= 0.6 is 0 Å². The van der Waals surface area contributed by atoms with Gasteiger partial charge in [0.15, 0.2) is 0 Å². The van der Waals surface area contributed by atoms with Crippen molar-refractivity contribution in [3.05, 3.63) is 23.0 Å². The summed E-state index contributed by atoms with van der Waals surface area (Å²) in [7, 11) is 1.60. The van der Waals surface area contributed by atoms with E-state index in [2.05, 4.69) is 4.98 Å². The third kappa shape index (κ3) is 1.41. The van der Waals surface area contributed by atoms with E-state index in [4.69, 9.17) is 4.74 Å². The molecule has 0 N–H and O–H groups in total. The maximum atomic E-state index is 10.6. The van der Waals surface area contributed by atoms with Crippen LogP contribution in [0.4, 0.5) is 0 Å². The maximum Gasteiger partial charge on any atom is 0.128 e. The fraction of sp³-hybridized carbons (Fsp3) is 0.444. The number of hydrogen-bond donors (Lipinski definition) is 0. The van der Waals surface area contributed by atoms with E-state index < -0.39 is 0 Å². The number of hydrogen-bond acceptors (Lipinski definition) is 2. The lowest BCUT2D eigenvalue weighted by Crippen LogP contribution is -1.98. The molecule has 0 bridgehead atoms. The number of methoxy groups -OCH3 is 1. The Bertz CT molecular complexity index is 284. The molecule has 0 aliphatic carbocycles. The predicted octanol–water partition coefficient (Wildman–Crippen LogP) is 1.64. The van der Waals surface area contributed by atoms with Crippen molar-refractivity contribution >= 4 is 0 Å². The van der Waals surface area contributed by atoms with Gasteiger partial charge in [-0.2, -0.15) is 0 Å². The summed E-state index contributed by atoms with van der Waals surface area (Å²) >= 11 is 0. The van der Waals surface area contributed by atoms with Gasteiger partial charge in [0.05, 0.1) is 12.8 Å². The molecule has 0 aromatic carbocycles. The minimum absolute atomic E-state index is 0.289. The van der Waals surface area contributed by atoms with Crippen LogP contribution in [0.3, 0.4) is 0 Å². The average Bonchev–Trinajstić information content (AvgIpc) is 2.06. The zero-order valence-electron chi connectivity index (χ0n) is 7.55. The fourth-order valence-electron chi connectivity index (χ4n) is 1.22. The van der Waals surface area contributed by atoms with Gasteiger partial charge in [-0.1, -0.05) is 0 Å². The van der Waals surface area contributed by atoms with Crippen molar-refractivity contribution in [2.75, 3.05) is 7.11 Å². The molecule has 1 aromatic heterocycles. The second kappa shape index (κ2) is 3.54. The monoisotopic (exact) mass is 166 g/mol. The molecule has 0 fully saturated rings. The standard InChI is InChI=1S/C9H12NO2/c1-6-4-10-8(5-11)7(2)9(6)12-3/h4H,5H2,1-3H3. The summed E-state index contributed by atoms with van der Waals surface area (Å²) in [5, 5.41) is 10.6. The highest BCUT2D eigenvalue weighted by Crippen LogP contribution is 2.23. The lowest BCUT2D eigenvalue weighted by Gasteiger charge is -2.09. The molecule has 1 heterocycles. The van der Waals surface area contributed by atoms with Crippen molar-refractivity contribution in [3.63, 3.8) is 0 Å². The van der Waals surface area contributed by atoms with Crippen LogP contribution in [-0.4, -0.2) is 12.1 Å². The van der Waals surface area contributed by atoms with E-state index >= 15 is 0 Å². The summed E-state index contributed by atoms with van der Waals surface area (Å²) < 4.78 is 5.14. The summed E-state index contributed by atoms with van der Waals surface area (Å²) in [4.78, 5) is 4.01. The Morgan fingerprint density at radius 3 is 2.67 bits per heavy atom. The van der Waals surface area contributed by atoms with E-state index in [9.17, 15) is 5.11 Å². The highest BCUT2D eigenvalue weighted by molar-refractivity contribution is 5.40. The number of ether oxygens (including phenoxy) is 1. The van der Waals surface area contributed by atoms with Gasteiger partial charge < -0.3 is 4.74 Å². The van der Waals surface area contributed by atoms with Gasteiger partial charge in [-0.25, -0.2) is 5.11 Å². The number of rotatable bonds is 2. The van der Waals surface area contributed by atoms with Crippen molar-refractivity contribution < 1.29 is 9.84 Å². The number of aryl methyl sites for hydroxylation is 1. The van der Waals surface area contributed by atoms with Crippen LogP contribution in [0, 0.1) is 13.8 Å². The smallest absolute Gasteiger partial charge is 0.128 e. The summed E-state index contributed by atoms with van der Waals surface area (Å²) in [6.45, 7) is 3.47. The molecule has 1 radical (unpaired) electrons. The van der Waals surface area contributed by atoms with Gasteiger partial charge in [-0.05, 0) is 13.8 Å². The molecule has 0 unspecified atom stereocenters. The molecule has 12 heavy (non-hydrogen) atoms. The number of nitrogens with zero attached hydrogens (tertiary/aromatic N) is 1. The molecule has 3 heteroatoms. The molecule has 0 aliphatic rings. The second-order valence-corrected chi connectivity index (χ2v) is 2.69. The summed E-state index contributed by atoms with van der Waals surface area (Å²) in [5.74, 6) is 0.774. The molecule has 0 aliphatic heterocycles. The Labute approximate surface area is 72.0 Å². The Hall–Kier alpha value is -1.09. The molecule has 1 rings (SSSR count). The van der Waals surface area contributed by atoms with E-state index in [-0.39, 0.29) is 6.61 Å². The van der Waals surface area contributed by atoms with E-state index in [1.807, 2.05) is 13.8 Å². The largest absolute Gasteiger partial charge is 0.496 e. The summed E-state index contributed by atoms with van der Waals surface area (Å²) in [5.41, 5.74) is 2.39. The van der Waals surface area contributed by atoms with Gasteiger partial charge in [0, 0.05) is 17.3 Å². The molecule has 0 saturated carbocycles. The average molecular weight is 166 g/mol. The molecule has 3 nitrogen and oxygen atoms in total. The molecular formula is C9H12NO2. The fourth-order valence-corrected chi connectivity index (χ4v) is 1.22. The van der Waals surface area contributed by atoms with E-state index in [0.29, 0.717) is 5.69 Å². The third-order valence-corrected chi connectivity index (χ3v) is 1.89. The van der Waals surface area contributed by atoms with Crippen molar-refractivity contribution in [2.45, 2.75) is 20.5 Å². The van der Waals surface area contributed by atoms with Gasteiger partial charge in [-0.3, -0.25) is 4.98 Å². The number of pyridine rings is 1. The Kier molecular flexibility index (Phi) is 2.65. The zero-order chi connectivity index (χ0) is 9.14. The van der Waals surface area contributed by atoms with Crippen molar-refractivity contribution in [2.24, 2.45) is 0 Å². The first kappa shape index (κ1) is 9.00. The first-order valence-corrected chi connectivity index (χ1v) is 3.78. The van der Waals surface area contributed by atoms with E-state index in [1.165, 1.54) is 0 Å². The first-order valence-electron chi connectivity index (χ1n) is 3.78. The topological polar surface area (TPSA) is 42.0 Å². The second-order valence-electron chi connectivity index (χ2n) is 2.69. The lowest BCUT2D eigenvalue weighted by molar-refractivity contribution is 0.173. The highest BCUT2D eigenvalue weighted by Gasteiger charge is 2.07. The van der Waals surface area contributed by atoms with E-state index in [1.54, 1.807) is 13.3 Å². The minimum atomic E-state index is -0.289. The zero-order valence-corrected chi connectivity index (χ0v) is 7.55. The summed E-state index contributed by atoms with van der Waals surface area (Å²) in [6.07, 6.45) is 1.67. The van der Waals surface area contributed by atoms with Crippen molar-refractivity contribution in [1.29, 1.82) is 0 Å². The van der Waals surface area contributed by atoms with Gasteiger partial charge >= 0.3 is 0 Å². The van der Waals surface area contributed by atoms with Crippen LogP contribution in [-0.2, 0) is 11.7 Å². The number of aromatic nitrogens is 1. The first-order chi connectivity index (χ1) is 5.70. The molecule has 0 amide bonds. The summed E-state index contributed by atoms with van der Waals surface area (Å²) in [6, 6.07) is 0. The normalized spacial score (nSPS) is 10.0. The quantitative estimate of drug-likeness (QED) is 0.670. The predicted molar refractivity (Wildman–Crippen MR) is 44.7 cm³/mol. The Balaban J connectivity index is 3.24. The molecular weight excluding hydrogens is 154 g/mol. The van der Waals surface area contributed by atoms with Crippen molar-refractivity contribution in [1.82, 2.24) is 4.98 Å². The van der Waals surface area contributed by atoms with E-state index in [0.717, 1.165) is 16.9 Å². The van der Waals surface area contributed by atoms with Gasteiger partial charge in [0.2, 0.25) is 0 Å². The minimum Gasteiger partial charge on any atom is -0.496 e. The van der Waals surface area contributed by atoms with Crippen LogP contribution in [0.15, 0.2) is 6.20 Å². The van der Waals surface area contributed by atoms with Gasteiger partial charge in [0.1, 0.15) is 12.4 Å². The molecule has 1 aromatic rings. The van der Waals surface area contributed by atoms with Crippen LogP contribution in [0.1, 0.15) is 16.8 Å². The van der Waals surface area contributed by atoms with Crippen LogP contribution < -0.4 is 4.74 Å². The maximum absolute atomic E-state index is 10.6. The van der Waals surface area contributed by atoms with Crippen LogP contribution in [0.5, 0.6) is 5.75 Å². The Morgan fingerprint density at radius 2 is 2.17 bits per heavy atom. The third-order valence-electron chi connectivity index (χ3n) is 1.89. The molecule has 0 spiro atoms. The van der Waals surface area contributed by atoms with Gasteiger partial charge in [-0.15, -0.1) is 0 Å². The van der Waals surface area contributed by atoms with Crippen molar-refractivity contribution in [3.8, 4) is 5.75 Å². The molecule has 0 atom stereocenters. The lowest BCUT2D eigenvalue weighted by atomic mass is 10.1. The SMILES string of the molecule is COc1c(C)cnc(C[O])c1C. The van der Waals surface area contributed by atoms with Gasteiger partial charge in [0.25, 0.3) is 0 Å². The molecule has 65 valence electrons.